The van der Waals surface area contributed by atoms with Gasteiger partial charge in [0.15, 0.2) is 5.76 Å². The Labute approximate surface area is 182 Å². The number of nitrogens with one attached hydrogen (secondary N) is 1. The number of aromatic nitrogens is 2. The molecular weight excluding hydrogens is 386 g/mol. The molecule has 1 atom stereocenters. The summed E-state index contributed by atoms with van der Waals surface area (Å²) in [5.74, 6) is 0.488. The van der Waals surface area contributed by atoms with E-state index < -0.39 is 0 Å². The van der Waals surface area contributed by atoms with Gasteiger partial charge >= 0.3 is 0 Å². The predicted octanol–water partition coefficient (Wildman–Crippen LogP) is 5.50. The second kappa shape index (κ2) is 9.04. The Morgan fingerprint density at radius 2 is 1.87 bits per heavy atom. The number of carbonyl (C=O) groups excluding carboxylic acids is 1. The first-order valence-electron chi connectivity index (χ1n) is 10.6. The Morgan fingerprint density at radius 1 is 1.06 bits per heavy atom. The maximum Gasteiger partial charge on any atom is 0.270 e. The lowest BCUT2D eigenvalue weighted by atomic mass is 10.1. The van der Waals surface area contributed by atoms with E-state index in [1.807, 2.05) is 63.2 Å². The van der Waals surface area contributed by atoms with Gasteiger partial charge in [0.25, 0.3) is 5.91 Å². The van der Waals surface area contributed by atoms with Crippen LogP contribution in [0.4, 0.5) is 0 Å². The molecule has 0 unspecified atom stereocenters. The van der Waals surface area contributed by atoms with Crippen LogP contribution in [0.2, 0.25) is 0 Å². The molecule has 0 saturated carbocycles. The molecule has 0 spiro atoms. The van der Waals surface area contributed by atoms with Gasteiger partial charge in [-0.2, -0.15) is 5.10 Å². The maximum atomic E-state index is 13.2. The molecule has 2 heterocycles. The molecule has 5 heteroatoms. The van der Waals surface area contributed by atoms with E-state index in [2.05, 4.69) is 23.5 Å². The Hall–Kier alpha value is -3.60. The van der Waals surface area contributed by atoms with Crippen molar-refractivity contribution in [3.8, 4) is 17.1 Å². The largest absolute Gasteiger partial charge is 0.463 e. The summed E-state index contributed by atoms with van der Waals surface area (Å²) >= 11 is 0. The third kappa shape index (κ3) is 4.77. The van der Waals surface area contributed by atoms with E-state index in [-0.39, 0.29) is 11.9 Å². The fourth-order valence-electron chi connectivity index (χ4n) is 3.62. The molecule has 0 radical (unpaired) electrons. The number of aryl methyl sites for hydroxylation is 3. The van der Waals surface area contributed by atoms with Crippen LogP contribution in [0.1, 0.15) is 40.5 Å². The lowest BCUT2D eigenvalue weighted by molar-refractivity contribution is 0.0930. The van der Waals surface area contributed by atoms with Crippen LogP contribution in [0.3, 0.4) is 0 Å². The zero-order valence-corrected chi connectivity index (χ0v) is 18.1. The van der Waals surface area contributed by atoms with Crippen LogP contribution in [-0.2, 0) is 6.42 Å². The SMILES string of the molecule is Cc1ccc(C)c(-n2nc(-c3ccco3)cc2C(=O)N[C@@H](C)CCc2ccccc2)c1. The Morgan fingerprint density at radius 3 is 2.61 bits per heavy atom. The minimum Gasteiger partial charge on any atom is -0.463 e. The van der Waals surface area contributed by atoms with Crippen LogP contribution in [-0.4, -0.2) is 21.7 Å². The van der Waals surface area contributed by atoms with Crippen molar-refractivity contribution in [3.05, 3.63) is 95.4 Å². The first-order valence-corrected chi connectivity index (χ1v) is 10.6. The summed E-state index contributed by atoms with van der Waals surface area (Å²) in [6, 6.07) is 21.9. The second-order valence-electron chi connectivity index (χ2n) is 7.99. The number of rotatable bonds is 7. The third-order valence-corrected chi connectivity index (χ3v) is 5.39. The third-order valence-electron chi connectivity index (χ3n) is 5.39. The topological polar surface area (TPSA) is 60.1 Å². The van der Waals surface area contributed by atoms with Crippen molar-refractivity contribution in [2.75, 3.05) is 0 Å². The van der Waals surface area contributed by atoms with Gasteiger partial charge in [0, 0.05) is 12.1 Å². The zero-order valence-electron chi connectivity index (χ0n) is 18.1. The quantitative estimate of drug-likeness (QED) is 0.435. The Bertz CT molecular complexity index is 1160. The number of amides is 1. The van der Waals surface area contributed by atoms with Crippen molar-refractivity contribution in [2.24, 2.45) is 0 Å². The smallest absolute Gasteiger partial charge is 0.270 e. The van der Waals surface area contributed by atoms with E-state index in [0.29, 0.717) is 17.1 Å². The first-order chi connectivity index (χ1) is 15.0. The maximum absolute atomic E-state index is 13.2. The van der Waals surface area contributed by atoms with Gasteiger partial charge in [0.1, 0.15) is 11.4 Å². The lowest BCUT2D eigenvalue weighted by Gasteiger charge is -2.15. The molecule has 2 aromatic carbocycles. The van der Waals surface area contributed by atoms with Crippen molar-refractivity contribution in [1.29, 1.82) is 0 Å². The fraction of sp³-hybridized carbons (Fsp3) is 0.231. The molecule has 31 heavy (non-hydrogen) atoms. The summed E-state index contributed by atoms with van der Waals surface area (Å²) in [6.45, 7) is 6.09. The molecule has 0 bridgehead atoms. The summed E-state index contributed by atoms with van der Waals surface area (Å²) in [7, 11) is 0. The monoisotopic (exact) mass is 413 g/mol. The minimum atomic E-state index is -0.147. The molecule has 5 nitrogen and oxygen atoms in total. The Kier molecular flexibility index (Phi) is 6.03. The van der Waals surface area contributed by atoms with Gasteiger partial charge < -0.3 is 9.73 Å². The van der Waals surface area contributed by atoms with E-state index in [0.717, 1.165) is 29.7 Å². The van der Waals surface area contributed by atoms with Crippen LogP contribution < -0.4 is 5.32 Å². The number of carbonyl (C=O) groups is 1. The average molecular weight is 414 g/mol. The van der Waals surface area contributed by atoms with Crippen molar-refractivity contribution in [2.45, 2.75) is 39.7 Å². The highest BCUT2D eigenvalue weighted by Crippen LogP contribution is 2.24. The normalized spacial score (nSPS) is 12.0. The van der Waals surface area contributed by atoms with Crippen molar-refractivity contribution in [3.63, 3.8) is 0 Å². The summed E-state index contributed by atoms with van der Waals surface area (Å²) in [5, 5.41) is 7.85. The minimum absolute atomic E-state index is 0.0294. The van der Waals surface area contributed by atoms with Crippen LogP contribution >= 0.6 is 0 Å². The highest BCUT2D eigenvalue weighted by Gasteiger charge is 2.21. The molecule has 0 aliphatic heterocycles. The predicted molar refractivity (Wildman–Crippen MR) is 122 cm³/mol. The fourth-order valence-corrected chi connectivity index (χ4v) is 3.62. The second-order valence-corrected chi connectivity index (χ2v) is 7.99. The highest BCUT2D eigenvalue weighted by molar-refractivity contribution is 5.94. The summed E-state index contributed by atoms with van der Waals surface area (Å²) < 4.78 is 7.24. The average Bonchev–Trinajstić information content (AvgIpc) is 3.45. The molecule has 0 aliphatic rings. The molecule has 158 valence electrons. The van der Waals surface area contributed by atoms with E-state index >= 15 is 0 Å². The number of hydrogen-bond acceptors (Lipinski definition) is 3. The molecule has 2 aromatic heterocycles. The van der Waals surface area contributed by atoms with Crippen LogP contribution in [0.25, 0.3) is 17.1 Å². The van der Waals surface area contributed by atoms with Gasteiger partial charge in [-0.05, 0) is 68.5 Å². The zero-order chi connectivity index (χ0) is 21.8. The molecule has 4 aromatic rings. The number of hydrogen-bond donors (Lipinski definition) is 1. The summed E-state index contributed by atoms with van der Waals surface area (Å²) in [5.41, 5.74) is 5.44. The van der Waals surface area contributed by atoms with Gasteiger partial charge in [-0.15, -0.1) is 0 Å². The van der Waals surface area contributed by atoms with E-state index in [9.17, 15) is 4.79 Å². The molecule has 0 aliphatic carbocycles. The van der Waals surface area contributed by atoms with Crippen LogP contribution in [0.5, 0.6) is 0 Å². The van der Waals surface area contributed by atoms with E-state index in [1.165, 1.54) is 5.56 Å². The van der Waals surface area contributed by atoms with Gasteiger partial charge in [-0.25, -0.2) is 4.68 Å². The molecular formula is C26H27N3O2. The molecule has 0 fully saturated rings. The van der Waals surface area contributed by atoms with Crippen molar-refractivity contribution < 1.29 is 9.21 Å². The number of furan rings is 1. The van der Waals surface area contributed by atoms with Gasteiger partial charge in [0.05, 0.1) is 12.0 Å². The highest BCUT2D eigenvalue weighted by atomic mass is 16.3. The lowest BCUT2D eigenvalue weighted by Crippen LogP contribution is -2.34. The standard InChI is InChI=1S/C26H27N3O2/c1-18-11-12-19(2)23(16-18)29-24(17-22(28-29)25-10-7-15-31-25)26(30)27-20(3)13-14-21-8-5-4-6-9-21/h4-12,15-17,20H,13-14H2,1-3H3,(H,27,30)/t20-/m0/s1. The van der Waals surface area contributed by atoms with Crippen LogP contribution in [0, 0.1) is 13.8 Å². The number of benzene rings is 2. The van der Waals surface area contributed by atoms with E-state index in [4.69, 9.17) is 9.52 Å². The molecule has 1 N–H and O–H groups in total. The van der Waals surface area contributed by atoms with Crippen molar-refractivity contribution in [1.82, 2.24) is 15.1 Å². The van der Waals surface area contributed by atoms with Gasteiger partial charge in [-0.3, -0.25) is 4.79 Å². The van der Waals surface area contributed by atoms with Crippen LogP contribution in [0.15, 0.2) is 77.4 Å². The summed E-state index contributed by atoms with van der Waals surface area (Å²) in [4.78, 5) is 13.2. The van der Waals surface area contributed by atoms with Gasteiger partial charge in [0.2, 0.25) is 0 Å². The summed E-state index contributed by atoms with van der Waals surface area (Å²) in [6.07, 6.45) is 3.38. The Balaban J connectivity index is 1.60. The first kappa shape index (κ1) is 20.7. The van der Waals surface area contributed by atoms with Gasteiger partial charge in [-0.1, -0.05) is 42.5 Å². The molecule has 1 amide bonds. The van der Waals surface area contributed by atoms with E-state index in [1.54, 1.807) is 17.0 Å². The molecule has 4 rings (SSSR count). The number of nitrogens with zero attached hydrogens (tertiary/aromatic N) is 2. The molecule has 0 saturated heterocycles. The van der Waals surface area contributed by atoms with Crippen molar-refractivity contribution >= 4 is 5.91 Å².